The summed E-state index contributed by atoms with van der Waals surface area (Å²) in [7, 11) is 3.22. The number of benzene rings is 1. The molecule has 0 spiro atoms. The minimum absolute atomic E-state index is 0.0655. The zero-order valence-electron chi connectivity index (χ0n) is 14.3. The molecule has 0 unspecified atom stereocenters. The topological polar surface area (TPSA) is 64.2 Å². The molecule has 0 atom stereocenters. The molecule has 4 rings (SSSR count). The fourth-order valence-electron chi connectivity index (χ4n) is 3.47. The minimum Gasteiger partial charge on any atom is -0.497 e. The molecular formula is C19H20N2O3S. The Labute approximate surface area is 149 Å². The molecule has 2 heterocycles. The fraction of sp³-hybridized carbons (Fsp3) is 0.368. The number of aromatic amines is 1. The van der Waals surface area contributed by atoms with Crippen LogP contribution in [0.4, 0.5) is 0 Å². The third-order valence-electron chi connectivity index (χ3n) is 4.74. The standard InChI is InChI=1S/C19H20N2O3S/c1-23-11-8-9-14(24-2)13(10-11)17-20-18(22)16-12-6-4-3-5-7-15(12)25-19(16)21-17/h8-10H,3-7H2,1-2H3,(H,20,21,22). The van der Waals surface area contributed by atoms with E-state index in [1.807, 2.05) is 18.2 Å². The van der Waals surface area contributed by atoms with E-state index in [-0.39, 0.29) is 5.56 Å². The highest BCUT2D eigenvalue weighted by Gasteiger charge is 2.20. The Balaban J connectivity index is 1.92. The predicted molar refractivity (Wildman–Crippen MR) is 100 cm³/mol. The first-order valence-corrected chi connectivity index (χ1v) is 9.30. The second-order valence-corrected chi connectivity index (χ2v) is 7.31. The molecule has 1 aromatic carbocycles. The van der Waals surface area contributed by atoms with E-state index in [1.165, 1.54) is 23.3 Å². The highest BCUT2D eigenvalue weighted by molar-refractivity contribution is 7.18. The summed E-state index contributed by atoms with van der Waals surface area (Å²) < 4.78 is 10.7. The Bertz CT molecular complexity index is 990. The lowest BCUT2D eigenvalue weighted by molar-refractivity contribution is 0.404. The summed E-state index contributed by atoms with van der Waals surface area (Å²) in [6, 6.07) is 5.48. The van der Waals surface area contributed by atoms with E-state index in [0.717, 1.165) is 35.0 Å². The average molecular weight is 356 g/mol. The maximum Gasteiger partial charge on any atom is 0.260 e. The number of methoxy groups -OCH3 is 2. The predicted octanol–water partition coefficient (Wildman–Crippen LogP) is 3.94. The lowest BCUT2D eigenvalue weighted by Gasteiger charge is -2.10. The first-order valence-electron chi connectivity index (χ1n) is 8.48. The Kier molecular flexibility index (Phi) is 4.21. The third kappa shape index (κ3) is 2.80. The van der Waals surface area contributed by atoms with Crippen LogP contribution in [-0.4, -0.2) is 24.2 Å². The highest BCUT2D eigenvalue weighted by atomic mass is 32.1. The zero-order valence-corrected chi connectivity index (χ0v) is 15.2. The molecule has 2 aromatic heterocycles. The number of H-pyrrole nitrogens is 1. The SMILES string of the molecule is COc1ccc(OC)c(-c2nc3sc4c(c3c(=O)[nH]2)CCCCC4)c1. The summed E-state index contributed by atoms with van der Waals surface area (Å²) in [5, 5.41) is 0.771. The quantitative estimate of drug-likeness (QED) is 0.722. The second-order valence-electron chi connectivity index (χ2n) is 6.23. The molecule has 0 saturated heterocycles. The number of hydrogen-bond acceptors (Lipinski definition) is 5. The highest BCUT2D eigenvalue weighted by Crippen LogP contribution is 2.35. The maximum absolute atomic E-state index is 12.8. The van der Waals surface area contributed by atoms with Gasteiger partial charge in [0.15, 0.2) is 0 Å². The summed E-state index contributed by atoms with van der Waals surface area (Å²) in [5.41, 5.74) is 1.86. The second kappa shape index (κ2) is 6.52. The lowest BCUT2D eigenvalue weighted by atomic mass is 10.1. The first kappa shape index (κ1) is 16.1. The van der Waals surface area contributed by atoms with Gasteiger partial charge in [-0.3, -0.25) is 4.79 Å². The van der Waals surface area contributed by atoms with Crippen molar-refractivity contribution < 1.29 is 9.47 Å². The van der Waals surface area contributed by atoms with Crippen LogP contribution in [0.1, 0.15) is 29.7 Å². The largest absolute Gasteiger partial charge is 0.497 e. The van der Waals surface area contributed by atoms with Crippen molar-refractivity contribution in [1.29, 1.82) is 0 Å². The van der Waals surface area contributed by atoms with Crippen molar-refractivity contribution in [2.24, 2.45) is 0 Å². The molecule has 0 fully saturated rings. The molecule has 130 valence electrons. The molecule has 6 heteroatoms. The van der Waals surface area contributed by atoms with E-state index in [9.17, 15) is 4.79 Å². The van der Waals surface area contributed by atoms with Crippen molar-refractivity contribution in [3.63, 3.8) is 0 Å². The molecule has 0 amide bonds. The van der Waals surface area contributed by atoms with Crippen LogP contribution in [0.2, 0.25) is 0 Å². The number of rotatable bonds is 3. The Morgan fingerprint density at radius 3 is 2.76 bits per heavy atom. The smallest absolute Gasteiger partial charge is 0.260 e. The van der Waals surface area contributed by atoms with Crippen molar-refractivity contribution in [3.8, 4) is 22.9 Å². The van der Waals surface area contributed by atoms with Crippen molar-refractivity contribution >= 4 is 21.6 Å². The lowest BCUT2D eigenvalue weighted by Crippen LogP contribution is -2.10. The van der Waals surface area contributed by atoms with E-state index in [1.54, 1.807) is 25.6 Å². The molecule has 0 saturated carbocycles. The number of nitrogens with one attached hydrogen (secondary N) is 1. The molecule has 25 heavy (non-hydrogen) atoms. The molecule has 0 bridgehead atoms. The number of hydrogen-bond donors (Lipinski definition) is 1. The van der Waals surface area contributed by atoms with E-state index in [2.05, 4.69) is 4.98 Å². The minimum atomic E-state index is -0.0655. The number of aryl methyl sites for hydroxylation is 2. The maximum atomic E-state index is 12.8. The fourth-order valence-corrected chi connectivity index (χ4v) is 4.73. The van der Waals surface area contributed by atoms with Gasteiger partial charge < -0.3 is 14.5 Å². The van der Waals surface area contributed by atoms with Crippen molar-refractivity contribution in [2.45, 2.75) is 32.1 Å². The van der Waals surface area contributed by atoms with Gasteiger partial charge in [-0.05, 0) is 49.4 Å². The van der Waals surface area contributed by atoms with Crippen LogP contribution in [0.25, 0.3) is 21.6 Å². The molecule has 1 N–H and O–H groups in total. The number of nitrogens with zero attached hydrogens (tertiary/aromatic N) is 1. The molecule has 1 aliphatic carbocycles. The van der Waals surface area contributed by atoms with Gasteiger partial charge in [-0.2, -0.15) is 0 Å². The Hall–Kier alpha value is -2.34. The summed E-state index contributed by atoms with van der Waals surface area (Å²) in [6.07, 6.45) is 5.58. The summed E-state index contributed by atoms with van der Waals surface area (Å²) in [5.74, 6) is 1.87. The van der Waals surface area contributed by atoms with Crippen LogP contribution < -0.4 is 15.0 Å². The van der Waals surface area contributed by atoms with Gasteiger partial charge in [0.25, 0.3) is 5.56 Å². The molecule has 0 aliphatic heterocycles. The Morgan fingerprint density at radius 1 is 1.12 bits per heavy atom. The summed E-state index contributed by atoms with van der Waals surface area (Å²) in [6.45, 7) is 0. The molecule has 3 aromatic rings. The van der Waals surface area contributed by atoms with Crippen LogP contribution >= 0.6 is 11.3 Å². The van der Waals surface area contributed by atoms with Gasteiger partial charge in [0.2, 0.25) is 0 Å². The third-order valence-corrected chi connectivity index (χ3v) is 5.92. The molecule has 5 nitrogen and oxygen atoms in total. The summed E-state index contributed by atoms with van der Waals surface area (Å²) >= 11 is 1.66. The number of thiophene rings is 1. The van der Waals surface area contributed by atoms with Crippen molar-refractivity contribution in [2.75, 3.05) is 14.2 Å². The van der Waals surface area contributed by atoms with E-state index in [0.29, 0.717) is 17.3 Å². The Morgan fingerprint density at radius 2 is 1.96 bits per heavy atom. The molecule has 0 radical (unpaired) electrons. The molecular weight excluding hydrogens is 336 g/mol. The van der Waals surface area contributed by atoms with Gasteiger partial charge in [-0.15, -0.1) is 11.3 Å². The van der Waals surface area contributed by atoms with Gasteiger partial charge in [-0.25, -0.2) is 4.98 Å². The summed E-state index contributed by atoms with van der Waals surface area (Å²) in [4.78, 5) is 22.7. The average Bonchev–Trinajstić information content (AvgIpc) is 2.83. The van der Waals surface area contributed by atoms with Crippen LogP contribution in [0.3, 0.4) is 0 Å². The van der Waals surface area contributed by atoms with Crippen LogP contribution in [0, 0.1) is 0 Å². The van der Waals surface area contributed by atoms with Gasteiger partial charge in [-0.1, -0.05) is 6.42 Å². The van der Waals surface area contributed by atoms with Crippen molar-refractivity contribution in [3.05, 3.63) is 39.0 Å². The van der Waals surface area contributed by atoms with Gasteiger partial charge in [0, 0.05) is 4.88 Å². The van der Waals surface area contributed by atoms with Crippen LogP contribution in [0.15, 0.2) is 23.0 Å². The van der Waals surface area contributed by atoms with E-state index >= 15 is 0 Å². The number of aromatic nitrogens is 2. The zero-order chi connectivity index (χ0) is 17.4. The normalized spacial score (nSPS) is 14.2. The molecule has 1 aliphatic rings. The van der Waals surface area contributed by atoms with Crippen LogP contribution in [-0.2, 0) is 12.8 Å². The first-order chi connectivity index (χ1) is 12.2. The van der Waals surface area contributed by atoms with E-state index in [4.69, 9.17) is 14.5 Å². The van der Waals surface area contributed by atoms with Crippen LogP contribution in [0.5, 0.6) is 11.5 Å². The van der Waals surface area contributed by atoms with Gasteiger partial charge >= 0.3 is 0 Å². The monoisotopic (exact) mass is 356 g/mol. The number of ether oxygens (including phenoxy) is 2. The van der Waals surface area contributed by atoms with Gasteiger partial charge in [0.1, 0.15) is 22.2 Å². The van der Waals surface area contributed by atoms with Gasteiger partial charge in [0.05, 0.1) is 25.2 Å². The van der Waals surface area contributed by atoms with E-state index < -0.39 is 0 Å². The number of fused-ring (bicyclic) bond motifs is 3. The van der Waals surface area contributed by atoms with Crippen molar-refractivity contribution in [1.82, 2.24) is 9.97 Å².